The molecule has 0 saturated carbocycles. The lowest BCUT2D eigenvalue weighted by atomic mass is 10.2. The number of thioether (sulfide) groups is 1. The molecule has 2 aromatic carbocycles. The largest absolute Gasteiger partial charge is 0.379 e. The number of nitrogens with zero attached hydrogens (tertiary/aromatic N) is 4. The molecule has 9 heteroatoms. The van der Waals surface area contributed by atoms with Gasteiger partial charge in [-0.1, -0.05) is 42.1 Å². The smallest absolute Gasteiger partial charge is 0.233 e. The molecular formula is C24H28FN5O2S. The SMILES string of the molecule is CC(Sc1nnc(-c2ccc(F)cc2)n1CCN1CCOCC1)C(=O)NCc1ccccc1. The molecular weight excluding hydrogens is 441 g/mol. The molecule has 1 aromatic heterocycles. The van der Waals surface area contributed by atoms with Gasteiger partial charge in [-0.3, -0.25) is 9.69 Å². The minimum Gasteiger partial charge on any atom is -0.379 e. The Hall–Kier alpha value is -2.75. The van der Waals surface area contributed by atoms with Gasteiger partial charge in [0.1, 0.15) is 5.82 Å². The number of halogens is 1. The molecule has 1 N–H and O–H groups in total. The summed E-state index contributed by atoms with van der Waals surface area (Å²) in [5.74, 6) is 0.314. The number of ether oxygens (including phenoxy) is 1. The van der Waals surface area contributed by atoms with Crippen LogP contribution in [0.2, 0.25) is 0 Å². The monoisotopic (exact) mass is 469 g/mol. The van der Waals surface area contributed by atoms with Gasteiger partial charge in [0.2, 0.25) is 5.91 Å². The fourth-order valence-corrected chi connectivity index (χ4v) is 4.50. The van der Waals surface area contributed by atoms with Crippen molar-refractivity contribution in [1.82, 2.24) is 25.0 Å². The van der Waals surface area contributed by atoms with Gasteiger partial charge in [-0.15, -0.1) is 10.2 Å². The highest BCUT2D eigenvalue weighted by Gasteiger charge is 2.22. The lowest BCUT2D eigenvalue weighted by Crippen LogP contribution is -2.38. The third-order valence-corrected chi connectivity index (χ3v) is 6.60. The van der Waals surface area contributed by atoms with E-state index in [1.807, 2.05) is 41.8 Å². The van der Waals surface area contributed by atoms with E-state index in [0.29, 0.717) is 24.1 Å². The third-order valence-electron chi connectivity index (χ3n) is 5.52. The molecule has 3 aromatic rings. The summed E-state index contributed by atoms with van der Waals surface area (Å²) in [5, 5.41) is 12.1. The number of amides is 1. The topological polar surface area (TPSA) is 72.3 Å². The van der Waals surface area contributed by atoms with Crippen LogP contribution in [-0.4, -0.2) is 63.7 Å². The summed E-state index contributed by atoms with van der Waals surface area (Å²) in [4.78, 5) is 15.0. The number of rotatable bonds is 9. The zero-order valence-electron chi connectivity index (χ0n) is 18.6. The first-order chi connectivity index (χ1) is 16.1. The molecule has 0 spiro atoms. The number of hydrogen-bond donors (Lipinski definition) is 1. The van der Waals surface area contributed by atoms with E-state index >= 15 is 0 Å². The first kappa shape index (κ1) is 23.4. The van der Waals surface area contributed by atoms with Gasteiger partial charge in [-0.25, -0.2) is 4.39 Å². The van der Waals surface area contributed by atoms with Crippen LogP contribution in [0, 0.1) is 5.82 Å². The first-order valence-corrected chi connectivity index (χ1v) is 12.0. The first-order valence-electron chi connectivity index (χ1n) is 11.1. The van der Waals surface area contributed by atoms with E-state index in [1.54, 1.807) is 12.1 Å². The van der Waals surface area contributed by atoms with E-state index in [4.69, 9.17) is 4.74 Å². The molecule has 2 heterocycles. The molecule has 1 saturated heterocycles. The second-order valence-corrected chi connectivity index (χ2v) is 9.19. The van der Waals surface area contributed by atoms with Gasteiger partial charge in [0.15, 0.2) is 11.0 Å². The molecule has 33 heavy (non-hydrogen) atoms. The highest BCUT2D eigenvalue weighted by atomic mass is 32.2. The number of carbonyl (C=O) groups excluding carboxylic acids is 1. The van der Waals surface area contributed by atoms with Crippen molar-refractivity contribution in [1.29, 1.82) is 0 Å². The molecule has 1 fully saturated rings. The van der Waals surface area contributed by atoms with Crippen molar-refractivity contribution in [2.24, 2.45) is 0 Å². The summed E-state index contributed by atoms with van der Waals surface area (Å²) in [7, 11) is 0. The number of nitrogens with one attached hydrogen (secondary N) is 1. The maximum Gasteiger partial charge on any atom is 0.233 e. The van der Waals surface area contributed by atoms with Crippen molar-refractivity contribution >= 4 is 17.7 Å². The number of carbonyl (C=O) groups is 1. The Labute approximate surface area is 197 Å². The van der Waals surface area contributed by atoms with Crippen molar-refractivity contribution < 1.29 is 13.9 Å². The third kappa shape index (κ3) is 6.40. The van der Waals surface area contributed by atoms with Crippen LogP contribution in [-0.2, 0) is 22.6 Å². The van der Waals surface area contributed by atoms with Crippen molar-refractivity contribution in [3.05, 3.63) is 66.0 Å². The summed E-state index contributed by atoms with van der Waals surface area (Å²) in [6, 6.07) is 16.1. The van der Waals surface area contributed by atoms with Gasteiger partial charge in [0.05, 0.1) is 18.5 Å². The highest BCUT2D eigenvalue weighted by molar-refractivity contribution is 8.00. The van der Waals surface area contributed by atoms with E-state index in [9.17, 15) is 9.18 Å². The fraction of sp³-hybridized carbons (Fsp3) is 0.375. The zero-order valence-corrected chi connectivity index (χ0v) is 19.4. The molecule has 1 unspecified atom stereocenters. The minimum absolute atomic E-state index is 0.0603. The van der Waals surface area contributed by atoms with E-state index < -0.39 is 0 Å². The van der Waals surface area contributed by atoms with Crippen LogP contribution in [0.1, 0.15) is 12.5 Å². The van der Waals surface area contributed by atoms with Crippen molar-refractivity contribution in [3.63, 3.8) is 0 Å². The lowest BCUT2D eigenvalue weighted by Gasteiger charge is -2.27. The van der Waals surface area contributed by atoms with Crippen LogP contribution < -0.4 is 5.32 Å². The second-order valence-electron chi connectivity index (χ2n) is 7.88. The van der Waals surface area contributed by atoms with Crippen LogP contribution in [0.15, 0.2) is 59.8 Å². The van der Waals surface area contributed by atoms with E-state index in [-0.39, 0.29) is 17.0 Å². The van der Waals surface area contributed by atoms with Crippen molar-refractivity contribution in [2.75, 3.05) is 32.8 Å². The molecule has 1 amide bonds. The van der Waals surface area contributed by atoms with E-state index in [0.717, 1.165) is 44.0 Å². The molecule has 4 rings (SSSR count). The Morgan fingerprint density at radius 2 is 1.82 bits per heavy atom. The Balaban J connectivity index is 1.47. The van der Waals surface area contributed by atoms with Gasteiger partial charge < -0.3 is 14.6 Å². The van der Waals surface area contributed by atoms with Crippen molar-refractivity contribution in [3.8, 4) is 11.4 Å². The summed E-state index contributed by atoms with van der Waals surface area (Å²) >= 11 is 1.38. The Morgan fingerprint density at radius 3 is 2.55 bits per heavy atom. The maximum absolute atomic E-state index is 13.4. The van der Waals surface area contributed by atoms with Crippen LogP contribution in [0.5, 0.6) is 0 Å². The highest BCUT2D eigenvalue weighted by Crippen LogP contribution is 2.27. The predicted molar refractivity (Wildman–Crippen MR) is 126 cm³/mol. The second kappa shape index (κ2) is 11.4. The van der Waals surface area contributed by atoms with Crippen LogP contribution in [0.4, 0.5) is 4.39 Å². The number of hydrogen-bond acceptors (Lipinski definition) is 6. The number of benzene rings is 2. The summed E-state index contributed by atoms with van der Waals surface area (Å²) in [6.07, 6.45) is 0. The van der Waals surface area contributed by atoms with E-state index in [1.165, 1.54) is 23.9 Å². The molecule has 1 atom stereocenters. The van der Waals surface area contributed by atoms with Crippen LogP contribution in [0.3, 0.4) is 0 Å². The van der Waals surface area contributed by atoms with Crippen LogP contribution >= 0.6 is 11.8 Å². The Morgan fingerprint density at radius 1 is 1.09 bits per heavy atom. The van der Waals surface area contributed by atoms with E-state index in [2.05, 4.69) is 20.4 Å². The average Bonchev–Trinajstić information content (AvgIpc) is 3.25. The normalized spacial score (nSPS) is 15.3. The molecule has 0 aliphatic carbocycles. The van der Waals surface area contributed by atoms with Gasteiger partial charge in [0, 0.05) is 38.3 Å². The number of morpholine rings is 1. The average molecular weight is 470 g/mol. The quantitative estimate of drug-likeness (QED) is 0.485. The van der Waals surface area contributed by atoms with Crippen molar-refractivity contribution in [2.45, 2.75) is 30.4 Å². The predicted octanol–water partition coefficient (Wildman–Crippen LogP) is 3.21. The summed E-state index contributed by atoms with van der Waals surface area (Å²) in [6.45, 7) is 7.06. The fourth-order valence-electron chi connectivity index (χ4n) is 3.60. The lowest BCUT2D eigenvalue weighted by molar-refractivity contribution is -0.120. The van der Waals surface area contributed by atoms with Gasteiger partial charge in [-0.2, -0.15) is 0 Å². The zero-order chi connectivity index (χ0) is 23.0. The molecule has 0 radical (unpaired) electrons. The molecule has 1 aliphatic heterocycles. The van der Waals surface area contributed by atoms with Gasteiger partial charge in [0.25, 0.3) is 0 Å². The molecule has 7 nitrogen and oxygen atoms in total. The molecule has 1 aliphatic rings. The maximum atomic E-state index is 13.4. The van der Waals surface area contributed by atoms with Gasteiger partial charge in [-0.05, 0) is 36.8 Å². The standard InChI is InChI=1S/C24H28FN5O2S/c1-18(23(31)26-17-19-5-3-2-4-6-19)33-24-28-27-22(20-7-9-21(25)10-8-20)30(24)12-11-29-13-15-32-16-14-29/h2-10,18H,11-17H2,1H3,(H,26,31). The van der Waals surface area contributed by atoms with Crippen LogP contribution in [0.25, 0.3) is 11.4 Å². The minimum atomic E-state index is -0.346. The Bertz CT molecular complexity index is 1040. The molecule has 0 bridgehead atoms. The molecule has 174 valence electrons. The summed E-state index contributed by atoms with van der Waals surface area (Å²) < 4.78 is 20.9. The van der Waals surface area contributed by atoms with Gasteiger partial charge >= 0.3 is 0 Å². The Kier molecular flexibility index (Phi) is 8.09. The summed E-state index contributed by atoms with van der Waals surface area (Å²) in [5.41, 5.74) is 1.84. The number of aromatic nitrogens is 3.